The molecule has 0 unspecified atom stereocenters. The molecule has 0 aromatic carbocycles. The van der Waals surface area contributed by atoms with Crippen molar-refractivity contribution in [1.82, 2.24) is 0 Å². The first-order chi connectivity index (χ1) is 6.62. The molecule has 0 spiro atoms. The summed E-state index contributed by atoms with van der Waals surface area (Å²) in [5.41, 5.74) is 0.547. The third-order valence-corrected chi connectivity index (χ3v) is 2.94. The standard InChI is InChI=1S/C13H28O/c1-4-10-13(2,3)11-8-6-5-7-9-12-14/h14H,4-12H2,1-3H3. The van der Waals surface area contributed by atoms with Gasteiger partial charge in [-0.15, -0.1) is 0 Å². The number of aliphatic hydroxyl groups is 1. The van der Waals surface area contributed by atoms with Gasteiger partial charge in [0.15, 0.2) is 0 Å². The van der Waals surface area contributed by atoms with Crippen molar-refractivity contribution in [3.63, 3.8) is 0 Å². The van der Waals surface area contributed by atoms with E-state index in [9.17, 15) is 0 Å². The van der Waals surface area contributed by atoms with Crippen molar-refractivity contribution in [2.75, 3.05) is 6.61 Å². The van der Waals surface area contributed by atoms with Crippen LogP contribution in [0.5, 0.6) is 0 Å². The lowest BCUT2D eigenvalue weighted by Crippen LogP contribution is -2.10. The Morgan fingerprint density at radius 3 is 2.00 bits per heavy atom. The Labute approximate surface area is 89.9 Å². The van der Waals surface area contributed by atoms with E-state index in [2.05, 4.69) is 20.8 Å². The summed E-state index contributed by atoms with van der Waals surface area (Å²) in [5.74, 6) is 0. The second-order valence-corrected chi connectivity index (χ2v) is 5.16. The van der Waals surface area contributed by atoms with E-state index < -0.39 is 0 Å². The summed E-state index contributed by atoms with van der Waals surface area (Å²) in [6, 6.07) is 0. The molecule has 0 amide bonds. The van der Waals surface area contributed by atoms with Gasteiger partial charge in [0.25, 0.3) is 0 Å². The minimum Gasteiger partial charge on any atom is -0.396 e. The van der Waals surface area contributed by atoms with E-state index in [0.29, 0.717) is 12.0 Å². The fourth-order valence-electron chi connectivity index (χ4n) is 2.05. The topological polar surface area (TPSA) is 20.2 Å². The monoisotopic (exact) mass is 200 g/mol. The number of hydrogen-bond donors (Lipinski definition) is 1. The van der Waals surface area contributed by atoms with Gasteiger partial charge in [0.05, 0.1) is 0 Å². The second-order valence-electron chi connectivity index (χ2n) is 5.16. The van der Waals surface area contributed by atoms with Crippen molar-refractivity contribution in [2.24, 2.45) is 5.41 Å². The van der Waals surface area contributed by atoms with E-state index in [1.54, 1.807) is 0 Å². The smallest absolute Gasteiger partial charge is 0.0431 e. The maximum Gasteiger partial charge on any atom is 0.0431 e. The van der Waals surface area contributed by atoms with Crippen molar-refractivity contribution < 1.29 is 5.11 Å². The van der Waals surface area contributed by atoms with Crippen LogP contribution in [-0.4, -0.2) is 11.7 Å². The Morgan fingerprint density at radius 2 is 1.43 bits per heavy atom. The summed E-state index contributed by atoms with van der Waals surface area (Å²) < 4.78 is 0. The van der Waals surface area contributed by atoms with E-state index in [-0.39, 0.29) is 0 Å². The highest BCUT2D eigenvalue weighted by Crippen LogP contribution is 2.29. The van der Waals surface area contributed by atoms with Gasteiger partial charge in [-0.3, -0.25) is 0 Å². The van der Waals surface area contributed by atoms with Crippen molar-refractivity contribution in [3.8, 4) is 0 Å². The molecular formula is C13H28O. The molecule has 0 aromatic rings. The zero-order valence-electron chi connectivity index (χ0n) is 10.3. The SMILES string of the molecule is CCCC(C)(C)CCCCCCCO. The van der Waals surface area contributed by atoms with E-state index in [4.69, 9.17) is 5.11 Å². The van der Waals surface area contributed by atoms with Gasteiger partial charge in [0.2, 0.25) is 0 Å². The molecule has 14 heavy (non-hydrogen) atoms. The van der Waals surface area contributed by atoms with Crippen LogP contribution in [-0.2, 0) is 0 Å². The van der Waals surface area contributed by atoms with E-state index in [1.165, 1.54) is 44.9 Å². The lowest BCUT2D eigenvalue weighted by molar-refractivity contribution is 0.276. The number of hydrogen-bond acceptors (Lipinski definition) is 1. The van der Waals surface area contributed by atoms with Crippen molar-refractivity contribution in [3.05, 3.63) is 0 Å². The van der Waals surface area contributed by atoms with E-state index >= 15 is 0 Å². The minimum absolute atomic E-state index is 0.362. The van der Waals surface area contributed by atoms with Crippen molar-refractivity contribution in [2.45, 2.75) is 72.1 Å². The third kappa shape index (κ3) is 8.55. The first-order valence-electron chi connectivity index (χ1n) is 6.23. The zero-order valence-corrected chi connectivity index (χ0v) is 10.3. The third-order valence-electron chi connectivity index (χ3n) is 2.94. The van der Waals surface area contributed by atoms with Gasteiger partial charge < -0.3 is 5.11 Å². The normalized spacial score (nSPS) is 12.0. The van der Waals surface area contributed by atoms with Crippen LogP contribution in [0.3, 0.4) is 0 Å². The molecule has 0 radical (unpaired) electrons. The Morgan fingerprint density at radius 1 is 0.857 bits per heavy atom. The van der Waals surface area contributed by atoms with E-state index in [0.717, 1.165) is 6.42 Å². The highest BCUT2D eigenvalue weighted by atomic mass is 16.2. The quantitative estimate of drug-likeness (QED) is 0.554. The van der Waals surface area contributed by atoms with Crippen LogP contribution >= 0.6 is 0 Å². The highest BCUT2D eigenvalue weighted by Gasteiger charge is 2.15. The Kier molecular flexibility index (Phi) is 8.26. The fourth-order valence-corrected chi connectivity index (χ4v) is 2.05. The maximum absolute atomic E-state index is 8.62. The van der Waals surface area contributed by atoms with Gasteiger partial charge in [-0.05, 0) is 24.7 Å². The van der Waals surface area contributed by atoms with E-state index in [1.807, 2.05) is 0 Å². The molecule has 0 aliphatic rings. The molecule has 1 nitrogen and oxygen atoms in total. The Balaban J connectivity index is 3.26. The summed E-state index contributed by atoms with van der Waals surface area (Å²) >= 11 is 0. The number of rotatable bonds is 9. The summed E-state index contributed by atoms with van der Waals surface area (Å²) in [6.45, 7) is 7.39. The summed E-state index contributed by atoms with van der Waals surface area (Å²) in [6.07, 6.45) is 10.2. The molecule has 0 aliphatic heterocycles. The van der Waals surface area contributed by atoms with Crippen LogP contribution in [0.1, 0.15) is 72.1 Å². The zero-order chi connectivity index (χ0) is 10.9. The van der Waals surface area contributed by atoms with Gasteiger partial charge in [0.1, 0.15) is 0 Å². The first kappa shape index (κ1) is 14.0. The molecule has 1 heteroatoms. The average Bonchev–Trinajstić information content (AvgIpc) is 2.11. The Bertz CT molecular complexity index is 118. The van der Waals surface area contributed by atoms with Crippen molar-refractivity contribution >= 4 is 0 Å². The largest absolute Gasteiger partial charge is 0.396 e. The van der Waals surface area contributed by atoms with Crippen LogP contribution < -0.4 is 0 Å². The summed E-state index contributed by atoms with van der Waals surface area (Å²) in [5, 5.41) is 8.62. The molecule has 0 saturated heterocycles. The summed E-state index contributed by atoms with van der Waals surface area (Å²) in [4.78, 5) is 0. The molecular weight excluding hydrogens is 172 g/mol. The van der Waals surface area contributed by atoms with Crippen LogP contribution in [0.2, 0.25) is 0 Å². The van der Waals surface area contributed by atoms with Gasteiger partial charge >= 0.3 is 0 Å². The predicted octanol–water partition coefficient (Wildman–Crippen LogP) is 4.15. The number of unbranched alkanes of at least 4 members (excludes halogenated alkanes) is 4. The molecule has 1 N–H and O–H groups in total. The number of aliphatic hydroxyl groups excluding tert-OH is 1. The van der Waals surface area contributed by atoms with Gasteiger partial charge in [0, 0.05) is 6.61 Å². The molecule has 0 fully saturated rings. The predicted molar refractivity (Wildman–Crippen MR) is 63.5 cm³/mol. The lowest BCUT2D eigenvalue weighted by atomic mass is 9.83. The lowest BCUT2D eigenvalue weighted by Gasteiger charge is -2.23. The van der Waals surface area contributed by atoms with Crippen LogP contribution in [0.15, 0.2) is 0 Å². The van der Waals surface area contributed by atoms with Gasteiger partial charge in [-0.1, -0.05) is 52.9 Å². The molecule has 0 atom stereocenters. The minimum atomic E-state index is 0.362. The molecule has 86 valence electrons. The molecule has 0 aromatic heterocycles. The maximum atomic E-state index is 8.62. The average molecular weight is 200 g/mol. The fraction of sp³-hybridized carbons (Fsp3) is 1.00. The Hall–Kier alpha value is -0.0400. The molecule has 0 heterocycles. The molecule has 0 bridgehead atoms. The van der Waals surface area contributed by atoms with Gasteiger partial charge in [-0.2, -0.15) is 0 Å². The highest BCUT2D eigenvalue weighted by molar-refractivity contribution is 4.67. The first-order valence-corrected chi connectivity index (χ1v) is 6.23. The molecule has 0 aliphatic carbocycles. The van der Waals surface area contributed by atoms with Crippen LogP contribution in [0.25, 0.3) is 0 Å². The van der Waals surface area contributed by atoms with Gasteiger partial charge in [-0.25, -0.2) is 0 Å². The van der Waals surface area contributed by atoms with Crippen molar-refractivity contribution in [1.29, 1.82) is 0 Å². The molecule has 0 rings (SSSR count). The van der Waals surface area contributed by atoms with Crippen LogP contribution in [0, 0.1) is 5.41 Å². The second kappa shape index (κ2) is 8.28. The van der Waals surface area contributed by atoms with Crippen LogP contribution in [0.4, 0.5) is 0 Å². The summed E-state index contributed by atoms with van der Waals surface area (Å²) in [7, 11) is 0. The molecule has 0 saturated carbocycles.